The van der Waals surface area contributed by atoms with Crippen LogP contribution in [0.3, 0.4) is 0 Å². The molecule has 0 saturated carbocycles. The summed E-state index contributed by atoms with van der Waals surface area (Å²) >= 11 is 6.08. The summed E-state index contributed by atoms with van der Waals surface area (Å²) in [4.78, 5) is 43.7. The highest BCUT2D eigenvalue weighted by molar-refractivity contribution is 6.31. The molecule has 7 rings (SSSR count). The molecule has 41 heavy (non-hydrogen) atoms. The first-order chi connectivity index (χ1) is 19.9. The Morgan fingerprint density at radius 3 is 2.17 bits per heavy atom. The number of hydrogen-bond donors (Lipinski definition) is 1. The van der Waals surface area contributed by atoms with Crippen molar-refractivity contribution in [3.8, 4) is 5.75 Å². The predicted octanol–water partition coefficient (Wildman–Crippen LogP) is 5.91. The number of nitrogens with zero attached hydrogens (tertiary/aromatic N) is 2. The second-order valence-corrected chi connectivity index (χ2v) is 10.9. The van der Waals surface area contributed by atoms with E-state index >= 15 is 0 Å². The molecular weight excluding hydrogens is 538 g/mol. The number of Topliss-reactive ketones (excluding diaryl/α,β-unsaturated/α-hetero) is 2. The number of carbonyl (C=O) groups excluding carboxylic acids is 3. The van der Waals surface area contributed by atoms with E-state index in [4.69, 9.17) is 21.4 Å². The topological polar surface area (TPSA) is 88.1 Å². The SMILES string of the molecule is COc1ccc([C@@H]2[C@@H](C(=O)Nc3ccc(Cl)cc3)N3N=Cc4ccccc4C3C23C(=O)c2ccccc2C3=O)cc1. The standard InChI is InChI=1S/C33H24ClN3O4/c1-41-23-16-10-19(11-17-23)27-28(32(40)36-22-14-12-21(34)13-15-22)37-29(24-7-3-2-6-20(24)18-35-37)33(27)30(38)25-8-4-5-9-26(25)31(33)39/h2-18,27-29H,1H3,(H,36,40)/t27-,28+,29?/m1/s1. The number of amides is 1. The summed E-state index contributed by atoms with van der Waals surface area (Å²) < 4.78 is 5.39. The van der Waals surface area contributed by atoms with Gasteiger partial charge in [-0.1, -0.05) is 72.3 Å². The van der Waals surface area contributed by atoms with Crippen LogP contribution in [0.2, 0.25) is 5.02 Å². The van der Waals surface area contributed by atoms with Gasteiger partial charge in [-0.05, 0) is 53.1 Å². The number of benzene rings is 4. The number of carbonyl (C=O) groups is 3. The number of ether oxygens (including phenoxy) is 1. The number of hydrazone groups is 1. The van der Waals surface area contributed by atoms with E-state index < -0.39 is 23.4 Å². The normalized spacial score (nSPS) is 21.4. The van der Waals surface area contributed by atoms with Gasteiger partial charge in [0.25, 0.3) is 0 Å². The number of anilines is 1. The third kappa shape index (κ3) is 3.59. The van der Waals surface area contributed by atoms with Crippen LogP contribution in [0.5, 0.6) is 5.75 Å². The van der Waals surface area contributed by atoms with Gasteiger partial charge < -0.3 is 10.1 Å². The maximum atomic E-state index is 14.7. The lowest BCUT2D eigenvalue weighted by atomic mass is 9.63. The first kappa shape index (κ1) is 25.2. The summed E-state index contributed by atoms with van der Waals surface area (Å²) in [7, 11) is 1.57. The molecule has 0 bridgehead atoms. The van der Waals surface area contributed by atoms with Crippen LogP contribution in [-0.4, -0.2) is 41.8 Å². The number of methoxy groups -OCH3 is 1. The van der Waals surface area contributed by atoms with Gasteiger partial charge in [-0.2, -0.15) is 5.10 Å². The summed E-state index contributed by atoms with van der Waals surface area (Å²) in [6, 6.07) is 26.7. The van der Waals surface area contributed by atoms with E-state index in [1.807, 2.05) is 36.4 Å². The third-order valence-electron chi connectivity index (χ3n) is 8.43. The molecule has 1 unspecified atom stereocenters. The average molecular weight is 562 g/mol. The van der Waals surface area contributed by atoms with Crippen molar-refractivity contribution in [1.29, 1.82) is 0 Å². The van der Waals surface area contributed by atoms with E-state index in [9.17, 15) is 14.4 Å². The van der Waals surface area contributed by atoms with Crippen LogP contribution >= 0.6 is 11.6 Å². The van der Waals surface area contributed by atoms with Crippen LogP contribution in [0.4, 0.5) is 5.69 Å². The van der Waals surface area contributed by atoms with Crippen LogP contribution in [-0.2, 0) is 4.79 Å². The number of fused-ring (bicyclic) bond motifs is 5. The minimum atomic E-state index is -1.63. The molecule has 8 heteroatoms. The van der Waals surface area contributed by atoms with Crippen LogP contribution in [0, 0.1) is 5.41 Å². The van der Waals surface area contributed by atoms with E-state index in [1.54, 1.807) is 79.0 Å². The minimum absolute atomic E-state index is 0.303. The molecule has 1 aliphatic carbocycles. The van der Waals surface area contributed by atoms with E-state index in [-0.39, 0.29) is 17.5 Å². The van der Waals surface area contributed by atoms with E-state index in [0.717, 1.165) is 11.1 Å². The Hall–Kier alpha value is -4.75. The molecule has 1 saturated heterocycles. The van der Waals surface area contributed by atoms with E-state index in [1.165, 1.54) is 0 Å². The number of ketones is 2. The fourth-order valence-corrected chi connectivity index (χ4v) is 6.84. The Bertz CT molecular complexity index is 1710. The highest BCUT2D eigenvalue weighted by atomic mass is 35.5. The van der Waals surface area contributed by atoms with Crippen molar-refractivity contribution in [3.05, 3.63) is 130 Å². The molecule has 1 fully saturated rings. The van der Waals surface area contributed by atoms with Crippen molar-refractivity contribution in [2.24, 2.45) is 10.5 Å². The van der Waals surface area contributed by atoms with E-state index in [0.29, 0.717) is 33.1 Å². The summed E-state index contributed by atoms with van der Waals surface area (Å²) in [5.41, 5.74) is 1.88. The molecule has 0 aromatic heterocycles. The van der Waals surface area contributed by atoms with Crippen molar-refractivity contribution in [2.75, 3.05) is 12.4 Å². The van der Waals surface area contributed by atoms with Crippen LogP contribution < -0.4 is 10.1 Å². The number of halogens is 1. The maximum absolute atomic E-state index is 14.7. The lowest BCUT2D eigenvalue weighted by molar-refractivity contribution is -0.121. The van der Waals surface area contributed by atoms with Gasteiger partial charge in [-0.3, -0.25) is 19.4 Å². The van der Waals surface area contributed by atoms with Crippen molar-refractivity contribution in [3.63, 3.8) is 0 Å². The van der Waals surface area contributed by atoms with Crippen LogP contribution in [0.25, 0.3) is 0 Å². The van der Waals surface area contributed by atoms with Crippen molar-refractivity contribution >= 4 is 41.0 Å². The minimum Gasteiger partial charge on any atom is -0.497 e. The number of hydrogen-bond acceptors (Lipinski definition) is 6. The van der Waals surface area contributed by atoms with Gasteiger partial charge in [-0.15, -0.1) is 0 Å². The Balaban J connectivity index is 1.48. The number of nitrogens with one attached hydrogen (secondary N) is 1. The van der Waals surface area contributed by atoms with Crippen molar-refractivity contribution in [2.45, 2.75) is 18.0 Å². The summed E-state index contributed by atoms with van der Waals surface area (Å²) in [6.07, 6.45) is 1.69. The fourth-order valence-electron chi connectivity index (χ4n) is 6.71. The van der Waals surface area contributed by atoms with Crippen molar-refractivity contribution in [1.82, 2.24) is 5.01 Å². The first-order valence-electron chi connectivity index (χ1n) is 13.3. The monoisotopic (exact) mass is 561 g/mol. The zero-order chi connectivity index (χ0) is 28.3. The second kappa shape index (κ2) is 9.42. The van der Waals surface area contributed by atoms with Crippen LogP contribution in [0.1, 0.15) is 49.4 Å². The maximum Gasteiger partial charge on any atom is 0.249 e. The lowest BCUT2D eigenvalue weighted by Crippen LogP contribution is -2.44. The van der Waals surface area contributed by atoms with Gasteiger partial charge in [0.2, 0.25) is 5.91 Å². The molecule has 1 spiro atoms. The highest BCUT2D eigenvalue weighted by Crippen LogP contribution is 2.64. The molecule has 2 aliphatic heterocycles. The zero-order valence-electron chi connectivity index (χ0n) is 22.0. The molecule has 4 aromatic rings. The summed E-state index contributed by atoms with van der Waals surface area (Å²) in [5.74, 6) is -1.23. The molecule has 0 radical (unpaired) electrons. The van der Waals surface area contributed by atoms with Gasteiger partial charge >= 0.3 is 0 Å². The Kier molecular flexibility index (Phi) is 5.80. The van der Waals surface area contributed by atoms with E-state index in [2.05, 4.69) is 5.32 Å². The van der Waals surface area contributed by atoms with Gasteiger partial charge in [0.05, 0.1) is 19.4 Å². The highest BCUT2D eigenvalue weighted by Gasteiger charge is 2.72. The molecule has 7 nitrogen and oxygen atoms in total. The van der Waals surface area contributed by atoms with Crippen molar-refractivity contribution < 1.29 is 19.1 Å². The molecular formula is C33H24ClN3O4. The first-order valence-corrected chi connectivity index (χ1v) is 13.6. The summed E-state index contributed by atoms with van der Waals surface area (Å²) in [6.45, 7) is 0. The quantitative estimate of drug-likeness (QED) is 0.313. The predicted molar refractivity (Wildman–Crippen MR) is 156 cm³/mol. The fraction of sp³-hybridized carbons (Fsp3) is 0.152. The largest absolute Gasteiger partial charge is 0.497 e. The Morgan fingerprint density at radius 1 is 0.878 bits per heavy atom. The second-order valence-electron chi connectivity index (χ2n) is 10.4. The number of rotatable bonds is 4. The molecule has 1 N–H and O–H groups in total. The lowest BCUT2D eigenvalue weighted by Gasteiger charge is -2.36. The van der Waals surface area contributed by atoms with Crippen LogP contribution in [0.15, 0.2) is 102 Å². The van der Waals surface area contributed by atoms with Gasteiger partial charge in [-0.25, -0.2) is 0 Å². The molecule has 202 valence electrons. The Labute approximate surface area is 241 Å². The molecule has 2 heterocycles. The van der Waals surface area contributed by atoms with Gasteiger partial charge in [0.15, 0.2) is 11.6 Å². The van der Waals surface area contributed by atoms with Gasteiger partial charge in [0, 0.05) is 27.8 Å². The molecule has 3 aliphatic rings. The summed E-state index contributed by atoms with van der Waals surface area (Å²) in [5, 5.41) is 9.93. The average Bonchev–Trinajstić information content (AvgIpc) is 3.44. The molecule has 4 aromatic carbocycles. The molecule has 3 atom stereocenters. The third-order valence-corrected chi connectivity index (χ3v) is 8.68. The molecule has 1 amide bonds. The van der Waals surface area contributed by atoms with Gasteiger partial charge in [0.1, 0.15) is 17.2 Å². The smallest absolute Gasteiger partial charge is 0.249 e. The zero-order valence-corrected chi connectivity index (χ0v) is 22.7. The Morgan fingerprint density at radius 2 is 1.51 bits per heavy atom.